The van der Waals surface area contributed by atoms with Crippen LogP contribution in [0.1, 0.15) is 34.5 Å². The number of hydrogen-bond acceptors (Lipinski definition) is 6. The minimum absolute atomic E-state index is 0.0212. The summed E-state index contributed by atoms with van der Waals surface area (Å²) in [6.45, 7) is 4.49. The van der Waals surface area contributed by atoms with Gasteiger partial charge >= 0.3 is 0 Å². The van der Waals surface area contributed by atoms with Crippen molar-refractivity contribution in [3.63, 3.8) is 0 Å². The first-order valence-electron chi connectivity index (χ1n) is 10.3. The van der Waals surface area contributed by atoms with E-state index < -0.39 is 5.82 Å². The number of anilines is 1. The highest BCUT2D eigenvalue weighted by molar-refractivity contribution is 6.06. The Bertz CT molecular complexity index is 1290. The lowest BCUT2D eigenvalue weighted by atomic mass is 9.95. The third-order valence-corrected chi connectivity index (χ3v) is 5.32. The standard InChI is InChI=1S/C24H23FN6O/c1-14(12-29-21-11-20(30-13-31-21)16-6-8-27-15(2)10-16)17-4-5-19(25)22-18(24(32)26-3)7-9-28-23(17)22/h4-11,13-14H,12H2,1-3H3,(H,26,32)(H,29,30,31)/t14-/m1/s1. The van der Waals surface area contributed by atoms with E-state index in [1.807, 2.05) is 32.0 Å². The number of aryl methyl sites for hydroxylation is 1. The molecule has 0 fully saturated rings. The highest BCUT2D eigenvalue weighted by atomic mass is 19.1. The number of rotatable bonds is 6. The van der Waals surface area contributed by atoms with Gasteiger partial charge in [0.15, 0.2) is 0 Å². The molecule has 3 heterocycles. The molecule has 0 saturated carbocycles. The number of fused-ring (bicyclic) bond motifs is 1. The fourth-order valence-corrected chi connectivity index (χ4v) is 3.65. The average Bonchev–Trinajstić information content (AvgIpc) is 2.82. The normalized spacial score (nSPS) is 11.9. The maximum Gasteiger partial charge on any atom is 0.251 e. The highest BCUT2D eigenvalue weighted by Gasteiger charge is 2.18. The molecule has 0 aliphatic rings. The maximum atomic E-state index is 14.6. The van der Waals surface area contributed by atoms with Gasteiger partial charge in [-0.25, -0.2) is 14.4 Å². The second-order valence-electron chi connectivity index (χ2n) is 7.55. The number of aromatic nitrogens is 4. The Morgan fingerprint density at radius 1 is 1.06 bits per heavy atom. The number of hydrogen-bond donors (Lipinski definition) is 2. The molecule has 3 aromatic heterocycles. The molecule has 1 aromatic carbocycles. The summed E-state index contributed by atoms with van der Waals surface area (Å²) in [5, 5.41) is 6.11. The Morgan fingerprint density at radius 2 is 1.88 bits per heavy atom. The predicted molar refractivity (Wildman–Crippen MR) is 122 cm³/mol. The molecule has 7 nitrogen and oxygen atoms in total. The number of amides is 1. The van der Waals surface area contributed by atoms with Gasteiger partial charge in [0.1, 0.15) is 18.0 Å². The zero-order valence-corrected chi connectivity index (χ0v) is 18.1. The van der Waals surface area contributed by atoms with E-state index in [1.165, 1.54) is 31.7 Å². The van der Waals surface area contributed by atoms with E-state index in [-0.39, 0.29) is 22.8 Å². The lowest BCUT2D eigenvalue weighted by Gasteiger charge is -2.17. The van der Waals surface area contributed by atoms with Gasteiger partial charge < -0.3 is 10.6 Å². The van der Waals surface area contributed by atoms with Gasteiger partial charge in [0.05, 0.1) is 16.8 Å². The van der Waals surface area contributed by atoms with Crippen LogP contribution in [0.5, 0.6) is 0 Å². The molecular weight excluding hydrogens is 407 g/mol. The Labute approximate surface area is 185 Å². The minimum Gasteiger partial charge on any atom is -0.369 e. The summed E-state index contributed by atoms with van der Waals surface area (Å²) < 4.78 is 14.6. The molecule has 1 amide bonds. The van der Waals surface area contributed by atoms with Crippen molar-refractivity contribution in [1.29, 1.82) is 0 Å². The second kappa shape index (κ2) is 9.05. The summed E-state index contributed by atoms with van der Waals surface area (Å²) in [5.41, 5.74) is 4.27. The van der Waals surface area contributed by atoms with Crippen molar-refractivity contribution in [3.05, 3.63) is 77.8 Å². The van der Waals surface area contributed by atoms with E-state index in [1.54, 1.807) is 12.3 Å². The monoisotopic (exact) mass is 430 g/mol. The summed E-state index contributed by atoms with van der Waals surface area (Å²) >= 11 is 0. The summed E-state index contributed by atoms with van der Waals surface area (Å²) in [6, 6.07) is 10.4. The van der Waals surface area contributed by atoms with E-state index in [0.717, 1.165) is 22.5 Å². The van der Waals surface area contributed by atoms with Crippen LogP contribution in [-0.2, 0) is 0 Å². The Hall–Kier alpha value is -3.94. The van der Waals surface area contributed by atoms with Gasteiger partial charge in [0.25, 0.3) is 5.91 Å². The van der Waals surface area contributed by atoms with Gasteiger partial charge in [0, 0.05) is 54.6 Å². The topological polar surface area (TPSA) is 92.7 Å². The van der Waals surface area contributed by atoms with E-state index in [2.05, 4.69) is 30.6 Å². The lowest BCUT2D eigenvalue weighted by Crippen LogP contribution is -2.19. The molecule has 0 spiro atoms. The van der Waals surface area contributed by atoms with Crippen molar-refractivity contribution in [1.82, 2.24) is 25.3 Å². The van der Waals surface area contributed by atoms with Gasteiger partial charge in [-0.15, -0.1) is 0 Å². The molecule has 4 aromatic rings. The quantitative estimate of drug-likeness (QED) is 0.478. The number of carbonyl (C=O) groups is 1. The molecule has 8 heteroatoms. The van der Waals surface area contributed by atoms with Crippen molar-refractivity contribution in [2.45, 2.75) is 19.8 Å². The van der Waals surface area contributed by atoms with E-state index in [4.69, 9.17) is 0 Å². The smallest absolute Gasteiger partial charge is 0.251 e. The minimum atomic E-state index is -0.469. The van der Waals surface area contributed by atoms with Gasteiger partial charge in [-0.2, -0.15) is 0 Å². The number of pyridine rings is 2. The second-order valence-corrected chi connectivity index (χ2v) is 7.55. The van der Waals surface area contributed by atoms with Crippen LogP contribution >= 0.6 is 0 Å². The van der Waals surface area contributed by atoms with E-state index in [0.29, 0.717) is 17.9 Å². The molecule has 162 valence electrons. The van der Waals surface area contributed by atoms with Gasteiger partial charge in [0.2, 0.25) is 0 Å². The number of carbonyl (C=O) groups excluding carboxylic acids is 1. The summed E-state index contributed by atoms with van der Waals surface area (Å²) in [7, 11) is 1.52. The molecular formula is C24H23FN6O. The van der Waals surface area contributed by atoms with Crippen LogP contribution < -0.4 is 10.6 Å². The van der Waals surface area contributed by atoms with Crippen LogP contribution in [0.15, 0.2) is 55.1 Å². The van der Waals surface area contributed by atoms with Gasteiger partial charge in [-0.3, -0.25) is 14.8 Å². The molecule has 0 radical (unpaired) electrons. The molecule has 2 N–H and O–H groups in total. The van der Waals surface area contributed by atoms with Crippen LogP contribution in [0.3, 0.4) is 0 Å². The molecule has 4 rings (SSSR count). The number of nitrogens with zero attached hydrogens (tertiary/aromatic N) is 4. The molecule has 0 unspecified atom stereocenters. The van der Waals surface area contributed by atoms with Crippen LogP contribution in [0.4, 0.5) is 10.2 Å². The highest BCUT2D eigenvalue weighted by Crippen LogP contribution is 2.29. The average molecular weight is 430 g/mol. The third-order valence-electron chi connectivity index (χ3n) is 5.32. The SMILES string of the molecule is CNC(=O)c1ccnc2c([C@H](C)CNc3cc(-c4ccnc(C)c4)ncn3)ccc(F)c12. The van der Waals surface area contributed by atoms with Crippen LogP contribution in [-0.4, -0.2) is 39.4 Å². The molecule has 0 bridgehead atoms. The lowest BCUT2D eigenvalue weighted by molar-refractivity contribution is 0.0964. The molecule has 0 aliphatic carbocycles. The first-order chi connectivity index (χ1) is 15.5. The fourth-order valence-electron chi connectivity index (χ4n) is 3.65. The Morgan fingerprint density at radius 3 is 2.66 bits per heavy atom. The van der Waals surface area contributed by atoms with Crippen LogP contribution in [0, 0.1) is 12.7 Å². The van der Waals surface area contributed by atoms with Crippen molar-refractivity contribution >= 4 is 22.6 Å². The zero-order valence-electron chi connectivity index (χ0n) is 18.1. The Balaban J connectivity index is 1.59. The number of benzene rings is 1. The third kappa shape index (κ3) is 4.25. The molecule has 1 atom stereocenters. The molecule has 0 saturated heterocycles. The van der Waals surface area contributed by atoms with Gasteiger partial charge in [-0.1, -0.05) is 13.0 Å². The van der Waals surface area contributed by atoms with Gasteiger partial charge in [-0.05, 0) is 36.8 Å². The molecule has 32 heavy (non-hydrogen) atoms. The Kier molecular flexibility index (Phi) is 6.02. The number of nitrogens with one attached hydrogen (secondary N) is 2. The van der Waals surface area contributed by atoms with Crippen molar-refractivity contribution < 1.29 is 9.18 Å². The van der Waals surface area contributed by atoms with E-state index >= 15 is 0 Å². The number of halogens is 1. The first kappa shape index (κ1) is 21.3. The van der Waals surface area contributed by atoms with Crippen molar-refractivity contribution in [2.24, 2.45) is 0 Å². The largest absolute Gasteiger partial charge is 0.369 e. The van der Waals surface area contributed by atoms with Crippen LogP contribution in [0.25, 0.3) is 22.2 Å². The van der Waals surface area contributed by atoms with Crippen molar-refractivity contribution in [3.8, 4) is 11.3 Å². The zero-order chi connectivity index (χ0) is 22.7. The summed E-state index contributed by atoms with van der Waals surface area (Å²) in [4.78, 5) is 29.5. The van der Waals surface area contributed by atoms with Crippen LogP contribution in [0.2, 0.25) is 0 Å². The summed E-state index contributed by atoms with van der Waals surface area (Å²) in [6.07, 6.45) is 4.80. The maximum absolute atomic E-state index is 14.6. The van der Waals surface area contributed by atoms with Crippen molar-refractivity contribution in [2.75, 3.05) is 18.9 Å². The molecule has 0 aliphatic heterocycles. The van der Waals surface area contributed by atoms with E-state index in [9.17, 15) is 9.18 Å². The fraction of sp³-hybridized carbons (Fsp3) is 0.208. The first-order valence-corrected chi connectivity index (χ1v) is 10.3. The predicted octanol–water partition coefficient (Wildman–Crippen LogP) is 4.11. The summed E-state index contributed by atoms with van der Waals surface area (Å²) in [5.74, 6) is -0.156.